The molecule has 1 fully saturated rings. The molecule has 2 aliphatic rings. The van der Waals surface area contributed by atoms with Gasteiger partial charge in [-0.3, -0.25) is 0 Å². The van der Waals surface area contributed by atoms with Crippen LogP contribution >= 0.6 is 0 Å². The second-order valence-electron chi connectivity index (χ2n) is 5.52. The Bertz CT molecular complexity index is 353. The highest BCUT2D eigenvalue weighted by molar-refractivity contribution is 6.54. The van der Waals surface area contributed by atoms with Crippen molar-refractivity contribution in [3.63, 3.8) is 0 Å². The van der Waals surface area contributed by atoms with E-state index in [1.807, 2.05) is 12.2 Å². The smallest absolute Gasteiger partial charge is 0.490 e. The fourth-order valence-corrected chi connectivity index (χ4v) is 1.89. The van der Waals surface area contributed by atoms with Crippen LogP contribution in [0, 0.1) is 6.42 Å². The summed E-state index contributed by atoms with van der Waals surface area (Å²) in [4.78, 5) is 0. The van der Waals surface area contributed by atoms with Gasteiger partial charge >= 0.3 is 7.12 Å². The highest BCUT2D eigenvalue weighted by Crippen LogP contribution is 2.39. The van der Waals surface area contributed by atoms with Crippen molar-refractivity contribution in [3.8, 4) is 0 Å². The molecule has 0 aromatic heterocycles. The highest BCUT2D eigenvalue weighted by Gasteiger charge is 2.52. The molecule has 0 bridgehead atoms. The zero-order chi connectivity index (χ0) is 12.7. The summed E-state index contributed by atoms with van der Waals surface area (Å²) in [6.07, 6.45) is 6.89. The van der Waals surface area contributed by atoms with Crippen molar-refractivity contribution in [1.82, 2.24) is 0 Å². The lowest BCUT2D eigenvalue weighted by molar-refractivity contribution is 0.00578. The Morgan fingerprint density at radius 2 is 1.76 bits per heavy atom. The summed E-state index contributed by atoms with van der Waals surface area (Å²) in [6.45, 7) is 8.25. The monoisotopic (exact) mass is 235 g/mol. The molecule has 1 saturated heterocycles. The first-order valence-corrected chi connectivity index (χ1v) is 5.99. The maximum Gasteiger partial charge on any atom is 0.490 e. The Kier molecular flexibility index (Phi) is 3.13. The summed E-state index contributed by atoms with van der Waals surface area (Å²) in [5.41, 5.74) is 0.544. The molecule has 0 N–H and O–H groups in total. The fraction of sp³-hybridized carbons (Fsp3) is 0.615. The molecule has 1 radical (unpaired) electrons. The first kappa shape index (κ1) is 12.7. The molecular formula is C13H20BO3. The quantitative estimate of drug-likeness (QED) is 0.688. The summed E-state index contributed by atoms with van der Waals surface area (Å²) in [7, 11) is 1.40. The Balaban J connectivity index is 2.16. The van der Waals surface area contributed by atoms with Crippen LogP contribution in [0.5, 0.6) is 0 Å². The van der Waals surface area contributed by atoms with Crippen LogP contribution in [-0.4, -0.2) is 25.4 Å². The summed E-state index contributed by atoms with van der Waals surface area (Å²) in [6, 6.07) is 0. The molecule has 0 aromatic rings. The topological polar surface area (TPSA) is 27.7 Å². The van der Waals surface area contributed by atoms with Gasteiger partial charge in [-0.2, -0.15) is 0 Å². The average Bonchev–Trinajstić information content (AvgIpc) is 2.48. The van der Waals surface area contributed by atoms with E-state index < -0.39 is 0 Å². The van der Waals surface area contributed by atoms with Gasteiger partial charge in [0.2, 0.25) is 0 Å². The lowest BCUT2D eigenvalue weighted by Crippen LogP contribution is -2.41. The van der Waals surface area contributed by atoms with Gasteiger partial charge in [-0.05, 0) is 58.2 Å². The fourth-order valence-electron chi connectivity index (χ4n) is 1.89. The van der Waals surface area contributed by atoms with E-state index in [0.29, 0.717) is 0 Å². The molecular weight excluding hydrogens is 215 g/mol. The van der Waals surface area contributed by atoms with Gasteiger partial charge < -0.3 is 14.0 Å². The van der Waals surface area contributed by atoms with Crippen molar-refractivity contribution in [2.75, 3.05) is 7.11 Å². The van der Waals surface area contributed by atoms with Crippen LogP contribution in [0.3, 0.4) is 0 Å². The van der Waals surface area contributed by atoms with Crippen LogP contribution in [-0.2, 0) is 14.0 Å². The maximum atomic E-state index is 6.00. The van der Waals surface area contributed by atoms with E-state index in [1.54, 1.807) is 7.11 Å². The molecule has 1 aliphatic carbocycles. The van der Waals surface area contributed by atoms with Crippen molar-refractivity contribution in [3.05, 3.63) is 29.8 Å². The van der Waals surface area contributed by atoms with Crippen LogP contribution in [0.15, 0.2) is 23.4 Å². The van der Waals surface area contributed by atoms with Gasteiger partial charge in [0.1, 0.15) is 5.76 Å². The number of methoxy groups -OCH3 is 1. The second kappa shape index (κ2) is 4.18. The minimum absolute atomic E-state index is 0.268. The molecule has 0 unspecified atom stereocenters. The average molecular weight is 235 g/mol. The van der Waals surface area contributed by atoms with Crippen LogP contribution in [0.25, 0.3) is 0 Å². The molecule has 1 heterocycles. The predicted octanol–water partition coefficient (Wildman–Crippen LogP) is 2.68. The highest BCUT2D eigenvalue weighted by atomic mass is 16.7. The third-order valence-corrected chi connectivity index (χ3v) is 3.76. The summed E-state index contributed by atoms with van der Waals surface area (Å²) in [5.74, 6) is 0.848. The van der Waals surface area contributed by atoms with E-state index in [0.717, 1.165) is 17.7 Å². The van der Waals surface area contributed by atoms with Crippen LogP contribution in [0.2, 0.25) is 0 Å². The van der Waals surface area contributed by atoms with E-state index >= 15 is 0 Å². The SMILES string of the molecule is COC1=C[CH]CC(B2OC(C)(C)C(C)(C)O2)=C1. The van der Waals surface area contributed by atoms with Gasteiger partial charge in [0.25, 0.3) is 0 Å². The number of hydrogen-bond donors (Lipinski definition) is 0. The lowest BCUT2D eigenvalue weighted by atomic mass is 9.74. The minimum Gasteiger partial charge on any atom is -0.497 e. The van der Waals surface area contributed by atoms with Gasteiger partial charge in [0, 0.05) is 0 Å². The van der Waals surface area contributed by atoms with Gasteiger partial charge in [-0.25, -0.2) is 0 Å². The Morgan fingerprint density at radius 3 is 2.29 bits per heavy atom. The van der Waals surface area contributed by atoms with Crippen molar-refractivity contribution < 1.29 is 14.0 Å². The van der Waals surface area contributed by atoms with E-state index in [9.17, 15) is 0 Å². The van der Waals surface area contributed by atoms with E-state index in [-0.39, 0.29) is 18.3 Å². The molecule has 17 heavy (non-hydrogen) atoms. The summed E-state index contributed by atoms with van der Waals surface area (Å²) < 4.78 is 17.2. The number of ether oxygens (including phenoxy) is 1. The molecule has 0 atom stereocenters. The Labute approximate surface area is 104 Å². The maximum absolute atomic E-state index is 6.00. The largest absolute Gasteiger partial charge is 0.497 e. The molecule has 3 nitrogen and oxygen atoms in total. The zero-order valence-corrected chi connectivity index (χ0v) is 11.2. The van der Waals surface area contributed by atoms with Crippen LogP contribution in [0.1, 0.15) is 34.1 Å². The first-order chi connectivity index (χ1) is 7.86. The molecule has 2 rings (SSSR count). The number of hydrogen-bond acceptors (Lipinski definition) is 3. The van der Waals surface area contributed by atoms with Crippen molar-refractivity contribution in [1.29, 1.82) is 0 Å². The molecule has 1 aliphatic heterocycles. The molecule has 0 spiro atoms. The molecule has 93 valence electrons. The molecule has 0 aromatic carbocycles. The normalized spacial score (nSPS) is 26.5. The second-order valence-corrected chi connectivity index (χ2v) is 5.52. The molecule has 4 heteroatoms. The van der Waals surface area contributed by atoms with Gasteiger partial charge in [0.15, 0.2) is 0 Å². The first-order valence-electron chi connectivity index (χ1n) is 5.99. The van der Waals surface area contributed by atoms with Crippen LogP contribution in [0.4, 0.5) is 0 Å². The van der Waals surface area contributed by atoms with E-state index in [4.69, 9.17) is 14.0 Å². The van der Waals surface area contributed by atoms with Crippen molar-refractivity contribution in [2.24, 2.45) is 0 Å². The van der Waals surface area contributed by atoms with Gasteiger partial charge in [-0.1, -0.05) is 0 Å². The molecule has 0 saturated carbocycles. The standard InChI is InChI=1S/C13H20BO3/c1-12(2)13(3,4)17-14(16-12)10-7-6-8-11(9-10)15-5/h6,8-9H,7H2,1-5H3. The van der Waals surface area contributed by atoms with Crippen LogP contribution < -0.4 is 0 Å². The van der Waals surface area contributed by atoms with E-state index in [1.165, 1.54) is 0 Å². The summed E-state index contributed by atoms with van der Waals surface area (Å²) >= 11 is 0. The summed E-state index contributed by atoms with van der Waals surface area (Å²) in [5, 5.41) is 0. The van der Waals surface area contributed by atoms with E-state index in [2.05, 4.69) is 34.1 Å². The number of allylic oxidation sites excluding steroid dienone is 3. The van der Waals surface area contributed by atoms with Crippen molar-refractivity contribution >= 4 is 7.12 Å². The van der Waals surface area contributed by atoms with Gasteiger partial charge in [-0.15, -0.1) is 0 Å². The Morgan fingerprint density at radius 1 is 1.18 bits per heavy atom. The third kappa shape index (κ3) is 2.29. The number of rotatable bonds is 2. The predicted molar refractivity (Wildman–Crippen MR) is 68.2 cm³/mol. The van der Waals surface area contributed by atoms with Gasteiger partial charge in [0.05, 0.1) is 18.3 Å². The molecule has 0 amide bonds. The lowest BCUT2D eigenvalue weighted by Gasteiger charge is -2.32. The Hall–Kier alpha value is -0.735. The minimum atomic E-state index is -0.285. The third-order valence-electron chi connectivity index (χ3n) is 3.76. The van der Waals surface area contributed by atoms with Crippen molar-refractivity contribution in [2.45, 2.75) is 45.3 Å². The zero-order valence-electron chi connectivity index (χ0n) is 11.2.